The van der Waals surface area contributed by atoms with Crippen molar-refractivity contribution in [3.63, 3.8) is 0 Å². The van der Waals surface area contributed by atoms with Crippen LogP contribution in [0.2, 0.25) is 0 Å². The Bertz CT molecular complexity index is 6.00. The van der Waals surface area contributed by atoms with Crippen LogP contribution in [0, 0.1) is 0 Å². The van der Waals surface area contributed by atoms with Gasteiger partial charge in [-0.05, 0) is 0 Å². The Kier molecular flexibility index (Phi) is 20.8. The van der Waals surface area contributed by atoms with Crippen molar-refractivity contribution in [2.75, 3.05) is 0 Å². The zero-order valence-corrected chi connectivity index (χ0v) is 8.78. The quantitative estimate of drug-likeness (QED) is 0.577. The first-order valence-corrected chi connectivity index (χ1v) is 9.95. The predicted molar refractivity (Wildman–Crippen MR) is 27.8 cm³/mol. The molecule has 0 saturated carbocycles. The SMILES string of the molecule is Br.[Cl][Pb][Cl]. The minimum absolute atomic E-state index is 0. The topological polar surface area (TPSA) is 0 Å². The van der Waals surface area contributed by atoms with Gasteiger partial charge >= 0.3 is 38.4 Å². The molecular formula is HBrCl2Pb. The normalized spacial score (nSPS) is 4.50. The molecule has 26 valence electrons. The van der Waals surface area contributed by atoms with Crippen LogP contribution in [0.5, 0.6) is 0 Å². The molecule has 0 atom stereocenters. The van der Waals surface area contributed by atoms with Gasteiger partial charge in [0, 0.05) is 0 Å². The van der Waals surface area contributed by atoms with Crippen molar-refractivity contribution in [3.05, 3.63) is 0 Å². The molecule has 0 N–H and O–H groups in total. The third kappa shape index (κ3) is 9.01. The first kappa shape index (κ1) is 9.36. The molecule has 0 aromatic carbocycles. The van der Waals surface area contributed by atoms with Gasteiger partial charge in [0.25, 0.3) is 0 Å². The molecule has 0 bridgehead atoms. The summed E-state index contributed by atoms with van der Waals surface area (Å²) >= 11 is -0.972. The van der Waals surface area contributed by atoms with Gasteiger partial charge in [-0.2, -0.15) is 0 Å². The molecule has 4 heavy (non-hydrogen) atoms. The number of hydrogen-bond donors (Lipinski definition) is 0. The molecule has 0 amide bonds. The second-order valence-corrected chi connectivity index (χ2v) is 5.64. The summed E-state index contributed by atoms with van der Waals surface area (Å²) in [5.41, 5.74) is 0. The number of halogens is 3. The number of hydrogen-bond acceptors (Lipinski definition) is 0. The van der Waals surface area contributed by atoms with Crippen LogP contribution in [0.15, 0.2) is 0 Å². The molecule has 0 saturated heterocycles. The van der Waals surface area contributed by atoms with Gasteiger partial charge in [0.2, 0.25) is 0 Å². The summed E-state index contributed by atoms with van der Waals surface area (Å²) in [6.45, 7) is 0. The van der Waals surface area contributed by atoms with E-state index in [9.17, 15) is 0 Å². The molecule has 0 heterocycles. The van der Waals surface area contributed by atoms with Gasteiger partial charge in [-0.1, -0.05) is 0 Å². The Balaban J connectivity index is 0. The molecular weight excluding hydrogens is 358 g/mol. The molecule has 0 aliphatic carbocycles. The second-order valence-electron chi connectivity index (χ2n) is 0.0714. The van der Waals surface area contributed by atoms with Crippen molar-refractivity contribution >= 4 is 55.4 Å². The third-order valence-corrected chi connectivity index (χ3v) is 0. The Morgan fingerprint density at radius 1 is 1.25 bits per heavy atom. The fraction of sp³-hybridized carbons (Fsp3) is 0. The average molecular weight is 359 g/mol. The van der Waals surface area contributed by atoms with E-state index in [2.05, 4.69) is 0 Å². The van der Waals surface area contributed by atoms with Crippen LogP contribution >= 0.6 is 33.6 Å². The molecule has 0 aliphatic rings. The van der Waals surface area contributed by atoms with Crippen molar-refractivity contribution in [2.24, 2.45) is 0 Å². The first-order chi connectivity index (χ1) is 1.41. The van der Waals surface area contributed by atoms with Crippen LogP contribution in [0.1, 0.15) is 0 Å². The van der Waals surface area contributed by atoms with E-state index in [1.807, 2.05) is 0 Å². The molecule has 0 nitrogen and oxygen atoms in total. The van der Waals surface area contributed by atoms with Gasteiger partial charge < -0.3 is 0 Å². The van der Waals surface area contributed by atoms with E-state index in [0.29, 0.717) is 0 Å². The van der Waals surface area contributed by atoms with Crippen molar-refractivity contribution in [2.45, 2.75) is 0 Å². The summed E-state index contributed by atoms with van der Waals surface area (Å²) in [5.74, 6) is 0. The fourth-order valence-corrected chi connectivity index (χ4v) is 0. The van der Waals surface area contributed by atoms with E-state index in [-0.39, 0.29) is 17.0 Å². The summed E-state index contributed by atoms with van der Waals surface area (Å²) < 4.78 is 0. The zero-order valence-electron chi connectivity index (χ0n) is 1.66. The van der Waals surface area contributed by atoms with Gasteiger partial charge in [-0.15, -0.1) is 17.0 Å². The van der Waals surface area contributed by atoms with E-state index >= 15 is 0 Å². The van der Waals surface area contributed by atoms with Crippen molar-refractivity contribution in [1.29, 1.82) is 0 Å². The molecule has 0 fully saturated rings. The van der Waals surface area contributed by atoms with Crippen LogP contribution in [0.25, 0.3) is 0 Å². The summed E-state index contributed by atoms with van der Waals surface area (Å²) in [6, 6.07) is 0. The maximum absolute atomic E-state index is 4.96. The van der Waals surface area contributed by atoms with Crippen LogP contribution in [0.4, 0.5) is 0 Å². The zero-order chi connectivity index (χ0) is 2.71. The summed E-state index contributed by atoms with van der Waals surface area (Å²) in [5, 5.41) is 0. The van der Waals surface area contributed by atoms with Gasteiger partial charge in [-0.25, -0.2) is 0 Å². The average Bonchev–Trinajstić information content (AvgIpc) is 0.918. The van der Waals surface area contributed by atoms with Crippen LogP contribution in [-0.2, 0) is 0 Å². The Labute approximate surface area is 54.8 Å². The molecule has 0 aromatic rings. The summed E-state index contributed by atoms with van der Waals surface area (Å²) in [4.78, 5) is 0. The van der Waals surface area contributed by atoms with E-state index in [1.165, 1.54) is 0 Å². The Morgan fingerprint density at radius 3 is 1.25 bits per heavy atom. The molecule has 0 spiro atoms. The second kappa shape index (κ2) is 8.88. The van der Waals surface area contributed by atoms with Crippen LogP contribution < -0.4 is 0 Å². The number of rotatable bonds is 0. The van der Waals surface area contributed by atoms with Crippen LogP contribution in [-0.4, -0.2) is 21.8 Å². The third-order valence-electron chi connectivity index (χ3n) is 0. The Hall–Kier alpha value is 1.98. The summed E-state index contributed by atoms with van der Waals surface area (Å²) in [7, 11) is 9.92. The Morgan fingerprint density at radius 2 is 1.25 bits per heavy atom. The summed E-state index contributed by atoms with van der Waals surface area (Å²) in [6.07, 6.45) is 0. The van der Waals surface area contributed by atoms with Crippen molar-refractivity contribution in [3.8, 4) is 0 Å². The van der Waals surface area contributed by atoms with Crippen LogP contribution in [0.3, 0.4) is 0 Å². The van der Waals surface area contributed by atoms with Gasteiger partial charge in [0.15, 0.2) is 0 Å². The van der Waals surface area contributed by atoms with E-state index < -0.39 is 21.8 Å². The van der Waals surface area contributed by atoms with Crippen molar-refractivity contribution < 1.29 is 0 Å². The van der Waals surface area contributed by atoms with Gasteiger partial charge in [0.1, 0.15) is 0 Å². The fourth-order valence-electron chi connectivity index (χ4n) is 0. The molecule has 4 heteroatoms. The minimum atomic E-state index is -0.972. The van der Waals surface area contributed by atoms with Crippen molar-refractivity contribution in [1.82, 2.24) is 0 Å². The molecule has 2 radical (unpaired) electrons. The molecule has 0 unspecified atom stereocenters. The molecule has 0 rings (SSSR count). The van der Waals surface area contributed by atoms with E-state index in [1.54, 1.807) is 0 Å². The maximum atomic E-state index is 4.96. The molecule has 0 aliphatic heterocycles. The standard InChI is InChI=1S/BrH.2ClH.Pb/h3*1H;/q;;;+2/p-2. The predicted octanol–water partition coefficient (Wildman–Crippen LogP) is 1.58. The van der Waals surface area contributed by atoms with E-state index in [0.717, 1.165) is 0 Å². The van der Waals surface area contributed by atoms with Gasteiger partial charge in [-0.3, -0.25) is 0 Å². The first-order valence-electron chi connectivity index (χ1n) is 0.378. The molecule has 0 aromatic heterocycles. The van der Waals surface area contributed by atoms with Gasteiger partial charge in [0.05, 0.1) is 0 Å². The van der Waals surface area contributed by atoms with E-state index in [4.69, 9.17) is 16.6 Å². The monoisotopic (exact) mass is 358 g/mol.